The molecule has 1 aliphatic carbocycles. The van der Waals surface area contributed by atoms with Crippen LogP contribution in [0.3, 0.4) is 0 Å². The van der Waals surface area contributed by atoms with Crippen molar-refractivity contribution >= 4 is 5.78 Å². The molecule has 0 fully saturated rings. The SMILES string of the molecule is COc1ccnc2c1CCCC2=O. The Balaban J connectivity index is 2.54. The standard InChI is InChI=1S/C10H11NO2/c1-13-9-5-6-11-10-7(9)3-2-4-8(10)12/h5-6H,2-4H2,1H3. The highest BCUT2D eigenvalue weighted by Gasteiger charge is 2.21. The largest absolute Gasteiger partial charge is 0.496 e. The number of carbonyl (C=O) groups excluding carboxylic acids is 1. The molecule has 0 aromatic carbocycles. The highest BCUT2D eigenvalue weighted by Crippen LogP contribution is 2.27. The minimum atomic E-state index is 0.139. The van der Waals surface area contributed by atoms with Gasteiger partial charge < -0.3 is 4.74 Å². The van der Waals surface area contributed by atoms with E-state index in [1.54, 1.807) is 19.4 Å². The maximum absolute atomic E-state index is 11.4. The van der Waals surface area contributed by atoms with Crippen LogP contribution in [-0.4, -0.2) is 17.9 Å². The van der Waals surface area contributed by atoms with E-state index in [-0.39, 0.29) is 5.78 Å². The van der Waals surface area contributed by atoms with Crippen molar-refractivity contribution in [3.63, 3.8) is 0 Å². The van der Waals surface area contributed by atoms with Gasteiger partial charge in [0.05, 0.1) is 7.11 Å². The number of hydrogen-bond acceptors (Lipinski definition) is 3. The lowest BCUT2D eigenvalue weighted by atomic mass is 9.94. The van der Waals surface area contributed by atoms with Crippen LogP contribution >= 0.6 is 0 Å². The van der Waals surface area contributed by atoms with Crippen molar-refractivity contribution in [1.29, 1.82) is 0 Å². The van der Waals surface area contributed by atoms with E-state index in [0.717, 1.165) is 24.2 Å². The van der Waals surface area contributed by atoms with Crippen molar-refractivity contribution in [2.45, 2.75) is 19.3 Å². The third kappa shape index (κ3) is 1.30. The first-order valence-corrected chi connectivity index (χ1v) is 4.38. The molecule has 0 radical (unpaired) electrons. The second-order valence-electron chi connectivity index (χ2n) is 3.12. The van der Waals surface area contributed by atoms with Crippen LogP contribution in [0, 0.1) is 0 Å². The van der Waals surface area contributed by atoms with Crippen LogP contribution < -0.4 is 4.74 Å². The minimum absolute atomic E-state index is 0.139. The Morgan fingerprint density at radius 3 is 3.08 bits per heavy atom. The van der Waals surface area contributed by atoms with Gasteiger partial charge in [0.15, 0.2) is 5.78 Å². The molecule has 0 saturated carbocycles. The van der Waals surface area contributed by atoms with Gasteiger partial charge in [-0.2, -0.15) is 0 Å². The van der Waals surface area contributed by atoms with Crippen LogP contribution in [0.5, 0.6) is 5.75 Å². The maximum Gasteiger partial charge on any atom is 0.181 e. The van der Waals surface area contributed by atoms with Crippen molar-refractivity contribution in [2.24, 2.45) is 0 Å². The number of fused-ring (bicyclic) bond motifs is 1. The molecule has 0 bridgehead atoms. The van der Waals surface area contributed by atoms with Crippen LogP contribution in [0.1, 0.15) is 28.9 Å². The van der Waals surface area contributed by atoms with E-state index in [1.165, 1.54) is 0 Å². The predicted octanol–water partition coefficient (Wildman–Crippen LogP) is 1.61. The second-order valence-corrected chi connectivity index (χ2v) is 3.12. The summed E-state index contributed by atoms with van der Waals surface area (Å²) in [6, 6.07) is 1.80. The summed E-state index contributed by atoms with van der Waals surface area (Å²) < 4.78 is 5.17. The molecule has 0 saturated heterocycles. The Kier molecular flexibility index (Phi) is 2.00. The summed E-state index contributed by atoms with van der Waals surface area (Å²) in [5.41, 5.74) is 1.58. The summed E-state index contributed by atoms with van der Waals surface area (Å²) in [6.07, 6.45) is 4.06. The highest BCUT2D eigenvalue weighted by molar-refractivity contribution is 5.97. The predicted molar refractivity (Wildman–Crippen MR) is 48.1 cm³/mol. The number of nitrogens with zero attached hydrogens (tertiary/aromatic N) is 1. The Morgan fingerprint density at radius 1 is 1.46 bits per heavy atom. The van der Waals surface area contributed by atoms with Crippen molar-refractivity contribution in [3.05, 3.63) is 23.5 Å². The number of ketones is 1. The monoisotopic (exact) mass is 177 g/mol. The molecule has 1 aromatic rings. The van der Waals surface area contributed by atoms with Crippen molar-refractivity contribution < 1.29 is 9.53 Å². The first-order valence-electron chi connectivity index (χ1n) is 4.38. The van der Waals surface area contributed by atoms with E-state index in [1.807, 2.05) is 0 Å². The van der Waals surface area contributed by atoms with Crippen LogP contribution in [-0.2, 0) is 6.42 Å². The zero-order valence-electron chi connectivity index (χ0n) is 7.54. The third-order valence-corrected chi connectivity index (χ3v) is 2.33. The summed E-state index contributed by atoms with van der Waals surface area (Å²) in [4.78, 5) is 15.5. The number of ether oxygens (including phenoxy) is 1. The van der Waals surface area contributed by atoms with Gasteiger partial charge >= 0.3 is 0 Å². The molecule has 0 spiro atoms. The Morgan fingerprint density at radius 2 is 2.31 bits per heavy atom. The van der Waals surface area contributed by atoms with E-state index >= 15 is 0 Å². The fourth-order valence-corrected chi connectivity index (χ4v) is 1.69. The molecule has 1 aromatic heterocycles. The highest BCUT2D eigenvalue weighted by atomic mass is 16.5. The second kappa shape index (κ2) is 3.17. The van der Waals surface area contributed by atoms with Crippen LogP contribution in [0.4, 0.5) is 0 Å². The van der Waals surface area contributed by atoms with E-state index < -0.39 is 0 Å². The number of hydrogen-bond donors (Lipinski definition) is 0. The lowest BCUT2D eigenvalue weighted by Crippen LogP contribution is -2.13. The first kappa shape index (κ1) is 8.23. The van der Waals surface area contributed by atoms with Gasteiger partial charge in [-0.25, -0.2) is 0 Å². The number of rotatable bonds is 1. The van der Waals surface area contributed by atoms with Gasteiger partial charge in [-0.15, -0.1) is 0 Å². The molecule has 0 aliphatic heterocycles. The van der Waals surface area contributed by atoms with E-state index in [4.69, 9.17) is 4.74 Å². The fourth-order valence-electron chi connectivity index (χ4n) is 1.69. The van der Waals surface area contributed by atoms with Crippen LogP contribution in [0.15, 0.2) is 12.3 Å². The Hall–Kier alpha value is -1.38. The molecule has 13 heavy (non-hydrogen) atoms. The number of aromatic nitrogens is 1. The zero-order chi connectivity index (χ0) is 9.26. The van der Waals surface area contributed by atoms with Gasteiger partial charge in [-0.1, -0.05) is 0 Å². The molecular weight excluding hydrogens is 166 g/mol. The fraction of sp³-hybridized carbons (Fsp3) is 0.400. The smallest absolute Gasteiger partial charge is 0.181 e. The Labute approximate surface area is 76.7 Å². The number of methoxy groups -OCH3 is 1. The van der Waals surface area contributed by atoms with Crippen LogP contribution in [0.2, 0.25) is 0 Å². The van der Waals surface area contributed by atoms with E-state index in [2.05, 4.69) is 4.98 Å². The lowest BCUT2D eigenvalue weighted by Gasteiger charge is -2.15. The topological polar surface area (TPSA) is 39.2 Å². The first-order chi connectivity index (χ1) is 6.33. The molecule has 1 heterocycles. The van der Waals surface area contributed by atoms with E-state index in [9.17, 15) is 4.79 Å². The molecule has 0 atom stereocenters. The van der Waals surface area contributed by atoms with Gasteiger partial charge in [0.25, 0.3) is 0 Å². The normalized spacial score (nSPS) is 15.3. The molecule has 1 aliphatic rings. The molecule has 68 valence electrons. The molecule has 0 amide bonds. The molecular formula is C10H11NO2. The van der Waals surface area contributed by atoms with Gasteiger partial charge in [-0.05, 0) is 18.9 Å². The molecule has 0 unspecified atom stereocenters. The molecule has 3 heteroatoms. The number of Topliss-reactive ketones (excluding diaryl/α,β-unsaturated/α-hetero) is 1. The van der Waals surface area contributed by atoms with E-state index in [0.29, 0.717) is 12.1 Å². The average Bonchev–Trinajstić information content (AvgIpc) is 2.18. The number of pyridine rings is 1. The van der Waals surface area contributed by atoms with Crippen molar-refractivity contribution in [3.8, 4) is 5.75 Å². The quantitative estimate of drug-likeness (QED) is 0.654. The third-order valence-electron chi connectivity index (χ3n) is 2.33. The summed E-state index contributed by atoms with van der Waals surface area (Å²) >= 11 is 0. The molecule has 0 N–H and O–H groups in total. The van der Waals surface area contributed by atoms with Gasteiger partial charge in [0.1, 0.15) is 11.4 Å². The summed E-state index contributed by atoms with van der Waals surface area (Å²) in [5, 5.41) is 0. The maximum atomic E-state index is 11.4. The van der Waals surface area contributed by atoms with Gasteiger partial charge in [-0.3, -0.25) is 9.78 Å². The summed E-state index contributed by atoms with van der Waals surface area (Å²) in [6.45, 7) is 0. The zero-order valence-corrected chi connectivity index (χ0v) is 7.54. The Bertz CT molecular complexity index is 347. The summed E-state index contributed by atoms with van der Waals surface area (Å²) in [7, 11) is 1.62. The average molecular weight is 177 g/mol. The minimum Gasteiger partial charge on any atom is -0.496 e. The van der Waals surface area contributed by atoms with Crippen molar-refractivity contribution in [1.82, 2.24) is 4.98 Å². The van der Waals surface area contributed by atoms with Gasteiger partial charge in [0, 0.05) is 18.2 Å². The van der Waals surface area contributed by atoms with Crippen molar-refractivity contribution in [2.75, 3.05) is 7.11 Å². The lowest BCUT2D eigenvalue weighted by molar-refractivity contribution is 0.0966. The van der Waals surface area contributed by atoms with Gasteiger partial charge in [0.2, 0.25) is 0 Å². The molecule has 2 rings (SSSR count). The summed E-state index contributed by atoms with van der Waals surface area (Å²) in [5.74, 6) is 0.929. The van der Waals surface area contributed by atoms with Crippen LogP contribution in [0.25, 0.3) is 0 Å². The number of carbonyl (C=O) groups is 1. The molecule has 3 nitrogen and oxygen atoms in total.